The van der Waals surface area contributed by atoms with E-state index in [0.717, 1.165) is 0 Å². The maximum atomic E-state index is 3.50. The van der Waals surface area contributed by atoms with E-state index in [1.54, 1.807) is 0 Å². The van der Waals surface area contributed by atoms with E-state index < -0.39 is 0 Å². The molecule has 0 bridgehead atoms. The van der Waals surface area contributed by atoms with Gasteiger partial charge in [0.25, 0.3) is 0 Å². The van der Waals surface area contributed by atoms with Crippen molar-refractivity contribution in [2.24, 2.45) is 10.8 Å². The zero-order chi connectivity index (χ0) is 10.1. The summed E-state index contributed by atoms with van der Waals surface area (Å²) >= 11 is 0. The van der Waals surface area contributed by atoms with Gasteiger partial charge < -0.3 is 10.2 Å². The number of nitrogens with one attached hydrogen (secondary N) is 1. The first-order valence-corrected chi connectivity index (χ1v) is 5.45. The number of fused-ring (bicyclic) bond motifs is 1. The molecule has 2 atom stereocenters. The molecule has 2 heterocycles. The highest BCUT2D eigenvalue weighted by Gasteiger charge is 2.53. The summed E-state index contributed by atoms with van der Waals surface area (Å²) in [5.41, 5.74) is 1.06. The molecule has 78 valence electrons. The van der Waals surface area contributed by atoms with Gasteiger partial charge in [-0.25, -0.2) is 0 Å². The summed E-state index contributed by atoms with van der Waals surface area (Å²) in [5, 5.41) is 3.50. The third-order valence-electron chi connectivity index (χ3n) is 3.73. The summed E-state index contributed by atoms with van der Waals surface area (Å²) < 4.78 is 0. The van der Waals surface area contributed by atoms with Crippen LogP contribution in [0.1, 0.15) is 27.7 Å². The Morgan fingerprint density at radius 1 is 1.00 bits per heavy atom. The van der Waals surface area contributed by atoms with Gasteiger partial charge in [0.15, 0.2) is 0 Å². The molecule has 13 heavy (non-hydrogen) atoms. The molecule has 0 aromatic rings. The van der Waals surface area contributed by atoms with Gasteiger partial charge in [0.05, 0.1) is 0 Å². The third-order valence-corrected chi connectivity index (χ3v) is 3.73. The van der Waals surface area contributed by atoms with Crippen LogP contribution in [0.5, 0.6) is 0 Å². The minimum atomic E-state index is 0.530. The van der Waals surface area contributed by atoms with Crippen LogP contribution in [0.25, 0.3) is 0 Å². The SMILES string of the molecule is CC.CN1C[C@]2(C)CNC[C@]2(C)C1. The zero-order valence-corrected chi connectivity index (χ0v) is 9.78. The average molecular weight is 184 g/mol. The van der Waals surface area contributed by atoms with E-state index in [-0.39, 0.29) is 0 Å². The second kappa shape index (κ2) is 3.58. The number of likely N-dealkylation sites (tertiary alicyclic amines) is 1. The second-order valence-corrected chi connectivity index (χ2v) is 4.90. The highest BCUT2D eigenvalue weighted by Crippen LogP contribution is 2.47. The van der Waals surface area contributed by atoms with Gasteiger partial charge in [-0.15, -0.1) is 0 Å². The lowest BCUT2D eigenvalue weighted by molar-refractivity contribution is 0.212. The highest BCUT2D eigenvalue weighted by atomic mass is 15.2. The molecule has 1 N–H and O–H groups in total. The number of hydrogen-bond donors (Lipinski definition) is 1. The van der Waals surface area contributed by atoms with Gasteiger partial charge in [-0.2, -0.15) is 0 Å². The molecule has 0 amide bonds. The summed E-state index contributed by atoms with van der Waals surface area (Å²) in [5.74, 6) is 0. The second-order valence-electron chi connectivity index (χ2n) is 4.90. The Kier molecular flexibility index (Phi) is 3.03. The van der Waals surface area contributed by atoms with Crippen LogP contribution in [0.3, 0.4) is 0 Å². The summed E-state index contributed by atoms with van der Waals surface area (Å²) in [7, 11) is 2.23. The van der Waals surface area contributed by atoms with E-state index in [0.29, 0.717) is 10.8 Å². The highest BCUT2D eigenvalue weighted by molar-refractivity contribution is 5.07. The molecule has 0 aromatic heterocycles. The van der Waals surface area contributed by atoms with Crippen molar-refractivity contribution >= 4 is 0 Å². The molecule has 0 unspecified atom stereocenters. The fourth-order valence-corrected chi connectivity index (χ4v) is 2.78. The lowest BCUT2D eigenvalue weighted by atomic mass is 9.71. The van der Waals surface area contributed by atoms with Gasteiger partial charge in [-0.05, 0) is 7.05 Å². The summed E-state index contributed by atoms with van der Waals surface area (Å²) in [6, 6.07) is 0. The monoisotopic (exact) mass is 184 g/mol. The van der Waals surface area contributed by atoms with Gasteiger partial charge in [0.1, 0.15) is 0 Å². The fraction of sp³-hybridized carbons (Fsp3) is 1.00. The van der Waals surface area contributed by atoms with Crippen LogP contribution in [0.15, 0.2) is 0 Å². The normalized spacial score (nSPS) is 44.1. The van der Waals surface area contributed by atoms with Gasteiger partial charge in [0, 0.05) is 37.0 Å². The standard InChI is InChI=1S/C9H18N2.C2H6/c1-8-4-10-5-9(8,2)7-11(3)6-8;1-2/h10H,4-7H2,1-3H3;1-2H3/t8-,9+;. The Labute approximate surface area is 82.7 Å². The minimum absolute atomic E-state index is 0.530. The maximum absolute atomic E-state index is 3.50. The van der Waals surface area contributed by atoms with Crippen LogP contribution in [-0.2, 0) is 0 Å². The Bertz CT molecular complexity index is 163. The van der Waals surface area contributed by atoms with Crippen LogP contribution in [0.4, 0.5) is 0 Å². The van der Waals surface area contributed by atoms with Crippen LogP contribution < -0.4 is 5.32 Å². The van der Waals surface area contributed by atoms with Gasteiger partial charge in [0.2, 0.25) is 0 Å². The van der Waals surface area contributed by atoms with E-state index in [1.165, 1.54) is 26.2 Å². The van der Waals surface area contributed by atoms with E-state index in [4.69, 9.17) is 0 Å². The molecule has 2 aliphatic rings. The predicted octanol–water partition coefficient (Wildman–Crippen LogP) is 1.57. The number of nitrogens with zero attached hydrogens (tertiary/aromatic N) is 1. The van der Waals surface area contributed by atoms with Crippen molar-refractivity contribution in [1.82, 2.24) is 10.2 Å². The maximum Gasteiger partial charge on any atom is 0.00509 e. The lowest BCUT2D eigenvalue weighted by Crippen LogP contribution is -2.34. The first-order valence-electron chi connectivity index (χ1n) is 5.45. The van der Waals surface area contributed by atoms with Crippen LogP contribution >= 0.6 is 0 Å². The molecule has 0 aromatic carbocycles. The molecule has 2 fully saturated rings. The molecule has 2 heteroatoms. The molecule has 0 saturated carbocycles. The Hall–Kier alpha value is -0.0800. The minimum Gasteiger partial charge on any atom is -0.316 e. The van der Waals surface area contributed by atoms with Crippen LogP contribution in [0, 0.1) is 10.8 Å². The van der Waals surface area contributed by atoms with Crippen molar-refractivity contribution in [3.8, 4) is 0 Å². The van der Waals surface area contributed by atoms with Crippen LogP contribution in [-0.4, -0.2) is 38.1 Å². The van der Waals surface area contributed by atoms with E-state index in [9.17, 15) is 0 Å². The fourth-order valence-electron chi connectivity index (χ4n) is 2.78. The Morgan fingerprint density at radius 2 is 1.38 bits per heavy atom. The van der Waals surface area contributed by atoms with E-state index >= 15 is 0 Å². The lowest BCUT2D eigenvalue weighted by Gasteiger charge is -2.31. The molecule has 2 nitrogen and oxygen atoms in total. The Morgan fingerprint density at radius 3 is 1.77 bits per heavy atom. The van der Waals surface area contributed by atoms with Crippen LogP contribution in [0.2, 0.25) is 0 Å². The zero-order valence-electron chi connectivity index (χ0n) is 9.78. The Balaban J connectivity index is 0.000000396. The average Bonchev–Trinajstić information content (AvgIpc) is 2.40. The van der Waals surface area contributed by atoms with Crippen molar-refractivity contribution in [3.63, 3.8) is 0 Å². The largest absolute Gasteiger partial charge is 0.316 e. The van der Waals surface area contributed by atoms with E-state index in [1.807, 2.05) is 13.8 Å². The summed E-state index contributed by atoms with van der Waals surface area (Å²) in [4.78, 5) is 2.46. The molecular formula is C11H24N2. The van der Waals surface area contributed by atoms with Crippen molar-refractivity contribution in [3.05, 3.63) is 0 Å². The van der Waals surface area contributed by atoms with Gasteiger partial charge in [-0.3, -0.25) is 0 Å². The quantitative estimate of drug-likeness (QED) is 0.615. The van der Waals surface area contributed by atoms with Crippen molar-refractivity contribution in [2.45, 2.75) is 27.7 Å². The molecule has 2 rings (SSSR count). The molecule has 0 aliphatic carbocycles. The van der Waals surface area contributed by atoms with Crippen molar-refractivity contribution in [2.75, 3.05) is 33.2 Å². The molecule has 2 aliphatic heterocycles. The van der Waals surface area contributed by atoms with Gasteiger partial charge >= 0.3 is 0 Å². The predicted molar refractivity (Wildman–Crippen MR) is 57.9 cm³/mol. The smallest absolute Gasteiger partial charge is 0.00509 e. The van der Waals surface area contributed by atoms with Crippen molar-refractivity contribution in [1.29, 1.82) is 0 Å². The number of hydrogen-bond acceptors (Lipinski definition) is 2. The van der Waals surface area contributed by atoms with E-state index in [2.05, 4.69) is 31.1 Å². The summed E-state index contributed by atoms with van der Waals surface area (Å²) in [6.07, 6.45) is 0. The first kappa shape index (κ1) is 11.0. The third kappa shape index (κ3) is 1.62. The topological polar surface area (TPSA) is 15.3 Å². The summed E-state index contributed by atoms with van der Waals surface area (Å²) in [6.45, 7) is 13.8. The first-order chi connectivity index (χ1) is 6.06. The number of rotatable bonds is 0. The molecule has 0 spiro atoms. The molecule has 0 radical (unpaired) electrons. The molecular weight excluding hydrogens is 160 g/mol. The van der Waals surface area contributed by atoms with Crippen molar-refractivity contribution < 1.29 is 0 Å². The molecule has 2 saturated heterocycles. The van der Waals surface area contributed by atoms with Gasteiger partial charge in [-0.1, -0.05) is 27.7 Å².